The van der Waals surface area contributed by atoms with Crippen LogP contribution in [0.25, 0.3) is 0 Å². The molecular formula is C10H21NO2S. The van der Waals surface area contributed by atoms with Gasteiger partial charge < -0.3 is 10.1 Å². The second-order valence-electron chi connectivity index (χ2n) is 3.56. The molecule has 0 rings (SSSR count). The first kappa shape index (κ1) is 13.8. The molecular weight excluding hydrogens is 198 g/mol. The van der Waals surface area contributed by atoms with E-state index in [1.165, 1.54) is 7.11 Å². The second-order valence-corrected chi connectivity index (χ2v) is 4.64. The van der Waals surface area contributed by atoms with E-state index in [1.54, 1.807) is 11.8 Å². The molecule has 1 atom stereocenters. The SMILES string of the molecule is CCNC(CSCC(C)C)C(=O)OC. The molecule has 0 saturated heterocycles. The Hall–Kier alpha value is -0.220. The number of carbonyl (C=O) groups excluding carboxylic acids is 1. The summed E-state index contributed by atoms with van der Waals surface area (Å²) >= 11 is 1.79. The number of thioether (sulfide) groups is 1. The van der Waals surface area contributed by atoms with Gasteiger partial charge in [-0.05, 0) is 18.2 Å². The van der Waals surface area contributed by atoms with Gasteiger partial charge >= 0.3 is 5.97 Å². The van der Waals surface area contributed by atoms with Gasteiger partial charge in [0, 0.05) is 5.75 Å². The van der Waals surface area contributed by atoms with Crippen molar-refractivity contribution in [1.82, 2.24) is 5.32 Å². The molecule has 0 aliphatic rings. The van der Waals surface area contributed by atoms with Crippen molar-refractivity contribution in [3.05, 3.63) is 0 Å². The summed E-state index contributed by atoms with van der Waals surface area (Å²) in [6.45, 7) is 7.13. The molecule has 0 aromatic carbocycles. The molecule has 0 aromatic heterocycles. The number of methoxy groups -OCH3 is 1. The van der Waals surface area contributed by atoms with E-state index in [0.717, 1.165) is 18.1 Å². The fourth-order valence-electron chi connectivity index (χ4n) is 1.02. The van der Waals surface area contributed by atoms with Crippen molar-refractivity contribution in [2.75, 3.05) is 25.2 Å². The lowest BCUT2D eigenvalue weighted by atomic mass is 10.3. The number of hydrogen-bond donors (Lipinski definition) is 1. The molecule has 3 nitrogen and oxygen atoms in total. The quantitative estimate of drug-likeness (QED) is 0.659. The summed E-state index contributed by atoms with van der Waals surface area (Å²) in [5.41, 5.74) is 0. The van der Waals surface area contributed by atoms with Crippen molar-refractivity contribution in [2.24, 2.45) is 5.92 Å². The van der Waals surface area contributed by atoms with E-state index in [2.05, 4.69) is 19.2 Å². The maximum atomic E-state index is 11.3. The smallest absolute Gasteiger partial charge is 0.323 e. The average molecular weight is 219 g/mol. The predicted octanol–water partition coefficient (Wildman–Crippen LogP) is 1.53. The summed E-state index contributed by atoms with van der Waals surface area (Å²) < 4.78 is 4.71. The van der Waals surface area contributed by atoms with Gasteiger partial charge in [-0.3, -0.25) is 4.79 Å². The Morgan fingerprint density at radius 1 is 1.43 bits per heavy atom. The van der Waals surface area contributed by atoms with Crippen LogP contribution in [0.3, 0.4) is 0 Å². The van der Waals surface area contributed by atoms with E-state index in [4.69, 9.17) is 4.74 Å². The monoisotopic (exact) mass is 219 g/mol. The van der Waals surface area contributed by atoms with Crippen LogP contribution in [0.2, 0.25) is 0 Å². The highest BCUT2D eigenvalue weighted by molar-refractivity contribution is 7.99. The molecule has 0 aliphatic carbocycles. The lowest BCUT2D eigenvalue weighted by Crippen LogP contribution is -2.39. The number of esters is 1. The number of ether oxygens (including phenoxy) is 1. The highest BCUT2D eigenvalue weighted by Crippen LogP contribution is 2.09. The molecule has 0 radical (unpaired) electrons. The van der Waals surface area contributed by atoms with Crippen LogP contribution in [-0.4, -0.2) is 37.2 Å². The molecule has 0 aromatic rings. The predicted molar refractivity (Wildman–Crippen MR) is 61.6 cm³/mol. The van der Waals surface area contributed by atoms with Gasteiger partial charge in [-0.25, -0.2) is 0 Å². The highest BCUT2D eigenvalue weighted by atomic mass is 32.2. The molecule has 0 spiro atoms. The van der Waals surface area contributed by atoms with Crippen LogP contribution >= 0.6 is 11.8 Å². The van der Waals surface area contributed by atoms with Crippen molar-refractivity contribution >= 4 is 17.7 Å². The zero-order valence-electron chi connectivity index (χ0n) is 9.50. The standard InChI is InChI=1S/C10H21NO2S/c1-5-11-9(10(12)13-4)7-14-6-8(2)3/h8-9,11H,5-7H2,1-4H3. The van der Waals surface area contributed by atoms with Crippen molar-refractivity contribution in [3.63, 3.8) is 0 Å². The van der Waals surface area contributed by atoms with Crippen LogP contribution in [0.15, 0.2) is 0 Å². The third kappa shape index (κ3) is 6.27. The Labute approximate surface area is 91.0 Å². The van der Waals surface area contributed by atoms with Gasteiger partial charge in [-0.1, -0.05) is 20.8 Å². The van der Waals surface area contributed by atoms with Gasteiger partial charge in [0.1, 0.15) is 6.04 Å². The third-order valence-electron chi connectivity index (χ3n) is 1.67. The minimum absolute atomic E-state index is 0.159. The maximum Gasteiger partial charge on any atom is 0.323 e. The first-order chi connectivity index (χ1) is 6.61. The largest absolute Gasteiger partial charge is 0.468 e. The number of hydrogen-bond acceptors (Lipinski definition) is 4. The van der Waals surface area contributed by atoms with Gasteiger partial charge in [0.05, 0.1) is 7.11 Å². The first-order valence-corrected chi connectivity index (χ1v) is 6.16. The molecule has 4 heteroatoms. The van der Waals surface area contributed by atoms with E-state index < -0.39 is 0 Å². The Morgan fingerprint density at radius 3 is 2.50 bits per heavy atom. The van der Waals surface area contributed by atoms with Crippen molar-refractivity contribution in [2.45, 2.75) is 26.8 Å². The number of rotatable bonds is 7. The molecule has 0 amide bonds. The lowest BCUT2D eigenvalue weighted by Gasteiger charge is -2.15. The summed E-state index contributed by atoms with van der Waals surface area (Å²) in [6, 6.07) is -0.159. The molecule has 0 heterocycles. The van der Waals surface area contributed by atoms with Crippen molar-refractivity contribution in [1.29, 1.82) is 0 Å². The van der Waals surface area contributed by atoms with Crippen molar-refractivity contribution < 1.29 is 9.53 Å². The second kappa shape index (κ2) is 8.12. The highest BCUT2D eigenvalue weighted by Gasteiger charge is 2.17. The fraction of sp³-hybridized carbons (Fsp3) is 0.900. The number of carbonyl (C=O) groups is 1. The van der Waals surface area contributed by atoms with E-state index >= 15 is 0 Å². The normalized spacial score (nSPS) is 12.9. The summed E-state index contributed by atoms with van der Waals surface area (Å²) in [5.74, 6) is 2.38. The van der Waals surface area contributed by atoms with Crippen LogP contribution in [0, 0.1) is 5.92 Å². The van der Waals surface area contributed by atoms with Gasteiger partial charge in [0.2, 0.25) is 0 Å². The van der Waals surface area contributed by atoms with Gasteiger partial charge in [0.25, 0.3) is 0 Å². The third-order valence-corrected chi connectivity index (χ3v) is 3.14. The molecule has 0 bridgehead atoms. The summed E-state index contributed by atoms with van der Waals surface area (Å²) in [4.78, 5) is 11.3. The Balaban J connectivity index is 3.78. The molecule has 0 fully saturated rings. The van der Waals surface area contributed by atoms with Crippen LogP contribution in [0.4, 0.5) is 0 Å². The molecule has 1 N–H and O–H groups in total. The zero-order valence-corrected chi connectivity index (χ0v) is 10.3. The summed E-state index contributed by atoms with van der Waals surface area (Å²) in [6.07, 6.45) is 0. The first-order valence-electron chi connectivity index (χ1n) is 5.00. The van der Waals surface area contributed by atoms with E-state index in [-0.39, 0.29) is 12.0 Å². The van der Waals surface area contributed by atoms with Gasteiger partial charge in [-0.15, -0.1) is 0 Å². The van der Waals surface area contributed by atoms with Gasteiger partial charge in [0.15, 0.2) is 0 Å². The van der Waals surface area contributed by atoms with Crippen LogP contribution in [-0.2, 0) is 9.53 Å². The number of nitrogens with one attached hydrogen (secondary N) is 1. The molecule has 0 aliphatic heterocycles. The lowest BCUT2D eigenvalue weighted by molar-refractivity contribution is -0.142. The Morgan fingerprint density at radius 2 is 2.07 bits per heavy atom. The van der Waals surface area contributed by atoms with Crippen molar-refractivity contribution in [3.8, 4) is 0 Å². The fourth-order valence-corrected chi connectivity index (χ4v) is 2.12. The maximum absolute atomic E-state index is 11.3. The number of likely N-dealkylation sites (N-methyl/N-ethyl adjacent to an activating group) is 1. The molecule has 84 valence electrons. The minimum Gasteiger partial charge on any atom is -0.468 e. The van der Waals surface area contributed by atoms with E-state index in [9.17, 15) is 4.79 Å². The van der Waals surface area contributed by atoms with Crippen LogP contribution in [0.1, 0.15) is 20.8 Å². The Bertz CT molecular complexity index is 162. The summed E-state index contributed by atoms with van der Waals surface area (Å²) in [5, 5.41) is 3.11. The van der Waals surface area contributed by atoms with Gasteiger partial charge in [-0.2, -0.15) is 11.8 Å². The van der Waals surface area contributed by atoms with Crippen LogP contribution in [0.5, 0.6) is 0 Å². The Kier molecular flexibility index (Phi) is 7.99. The molecule has 1 unspecified atom stereocenters. The topological polar surface area (TPSA) is 38.3 Å². The molecule has 14 heavy (non-hydrogen) atoms. The molecule has 0 saturated carbocycles. The van der Waals surface area contributed by atoms with E-state index in [1.807, 2.05) is 6.92 Å². The van der Waals surface area contributed by atoms with E-state index in [0.29, 0.717) is 5.92 Å². The van der Waals surface area contributed by atoms with Crippen LogP contribution < -0.4 is 5.32 Å². The zero-order chi connectivity index (χ0) is 11.0. The average Bonchev–Trinajstić information content (AvgIpc) is 2.15. The minimum atomic E-state index is -0.164. The summed E-state index contributed by atoms with van der Waals surface area (Å²) in [7, 11) is 1.43.